The van der Waals surface area contributed by atoms with E-state index < -0.39 is 0 Å². The third kappa shape index (κ3) is 3.55. The third-order valence-corrected chi connectivity index (χ3v) is 4.97. The minimum atomic E-state index is -0.203. The maximum Gasteiger partial charge on any atom is 0.343 e. The molecule has 1 aliphatic rings. The summed E-state index contributed by atoms with van der Waals surface area (Å²) >= 11 is 0. The van der Waals surface area contributed by atoms with Gasteiger partial charge >= 0.3 is 5.69 Å². The molecule has 0 spiro atoms. The van der Waals surface area contributed by atoms with Gasteiger partial charge in [0.25, 0.3) is 5.91 Å². The molecule has 8 heteroatoms. The Morgan fingerprint density at radius 2 is 2.00 bits per heavy atom. The summed E-state index contributed by atoms with van der Waals surface area (Å²) in [5, 5.41) is 10.6. The molecule has 0 saturated carbocycles. The van der Waals surface area contributed by atoms with Crippen molar-refractivity contribution < 1.29 is 9.32 Å². The van der Waals surface area contributed by atoms with Crippen LogP contribution < -0.4 is 5.69 Å². The molecule has 3 aromatic rings. The Morgan fingerprint density at radius 3 is 2.67 bits per heavy atom. The first kappa shape index (κ1) is 17.3. The molecule has 1 fully saturated rings. The number of nitrogens with zero attached hydrogens (tertiary/aromatic N) is 4. The first-order valence-electron chi connectivity index (χ1n) is 9.03. The van der Waals surface area contributed by atoms with Crippen molar-refractivity contribution in [1.82, 2.24) is 24.8 Å². The standard InChI is InChI=1S/C19H21N5O3/c1-13-11-16(22-27-13)18(25)23-9-7-15(8-10-23)17-20-21-19(26)24(17)12-14-5-3-2-4-6-14/h2-6,11,15H,7-10,12H2,1H3,(H,21,26). The molecule has 1 aliphatic heterocycles. The van der Waals surface area contributed by atoms with Gasteiger partial charge < -0.3 is 9.42 Å². The lowest BCUT2D eigenvalue weighted by molar-refractivity contribution is 0.0699. The summed E-state index contributed by atoms with van der Waals surface area (Å²) in [5.41, 5.74) is 1.19. The van der Waals surface area contributed by atoms with Gasteiger partial charge in [-0.05, 0) is 25.3 Å². The molecular weight excluding hydrogens is 346 g/mol. The number of carbonyl (C=O) groups excluding carboxylic acids is 1. The summed E-state index contributed by atoms with van der Waals surface area (Å²) in [6.07, 6.45) is 1.50. The van der Waals surface area contributed by atoms with Crippen molar-refractivity contribution >= 4 is 5.91 Å². The topological polar surface area (TPSA) is 97.0 Å². The second-order valence-electron chi connectivity index (χ2n) is 6.85. The molecule has 3 heterocycles. The fraction of sp³-hybridized carbons (Fsp3) is 0.368. The van der Waals surface area contributed by atoms with Crippen LogP contribution in [0.5, 0.6) is 0 Å². The molecule has 0 unspecified atom stereocenters. The molecule has 0 radical (unpaired) electrons. The van der Waals surface area contributed by atoms with E-state index in [0.717, 1.165) is 24.2 Å². The molecule has 0 atom stereocenters. The lowest BCUT2D eigenvalue weighted by Crippen LogP contribution is -2.38. The Labute approximate surface area is 155 Å². The average molecular weight is 367 g/mol. The van der Waals surface area contributed by atoms with Crippen LogP contribution in [0.1, 0.15) is 46.4 Å². The molecule has 0 aliphatic carbocycles. The van der Waals surface area contributed by atoms with E-state index in [1.54, 1.807) is 22.5 Å². The van der Waals surface area contributed by atoms with Crippen LogP contribution in [0.4, 0.5) is 0 Å². The number of hydrogen-bond donors (Lipinski definition) is 1. The van der Waals surface area contributed by atoms with E-state index >= 15 is 0 Å². The number of H-pyrrole nitrogens is 1. The minimum absolute atomic E-state index is 0.117. The van der Waals surface area contributed by atoms with Crippen LogP contribution in [0.2, 0.25) is 0 Å². The Bertz CT molecular complexity index is 980. The van der Waals surface area contributed by atoms with Crippen LogP contribution in [-0.2, 0) is 6.54 Å². The van der Waals surface area contributed by atoms with E-state index in [1.165, 1.54) is 0 Å². The van der Waals surface area contributed by atoms with Gasteiger partial charge in [0.05, 0.1) is 6.54 Å². The fourth-order valence-electron chi connectivity index (χ4n) is 3.53. The Balaban J connectivity index is 1.46. The summed E-state index contributed by atoms with van der Waals surface area (Å²) in [6.45, 7) is 3.45. The van der Waals surface area contributed by atoms with Crippen LogP contribution in [0.3, 0.4) is 0 Å². The summed E-state index contributed by atoms with van der Waals surface area (Å²) < 4.78 is 6.69. The van der Waals surface area contributed by atoms with Crippen molar-refractivity contribution in [2.24, 2.45) is 0 Å². The number of rotatable bonds is 4. The molecule has 1 amide bonds. The highest BCUT2D eigenvalue weighted by Crippen LogP contribution is 2.27. The molecule has 1 saturated heterocycles. The van der Waals surface area contributed by atoms with Crippen molar-refractivity contribution in [3.8, 4) is 0 Å². The number of likely N-dealkylation sites (tertiary alicyclic amines) is 1. The van der Waals surface area contributed by atoms with Gasteiger partial charge in [0, 0.05) is 25.1 Å². The maximum absolute atomic E-state index is 12.5. The smallest absolute Gasteiger partial charge is 0.343 e. The Morgan fingerprint density at radius 1 is 1.26 bits per heavy atom. The minimum Gasteiger partial charge on any atom is -0.361 e. The van der Waals surface area contributed by atoms with E-state index in [4.69, 9.17) is 4.52 Å². The lowest BCUT2D eigenvalue weighted by atomic mass is 9.95. The SMILES string of the molecule is Cc1cc(C(=O)N2CCC(c3n[nH]c(=O)n3Cc3ccccc3)CC2)no1. The number of benzene rings is 1. The highest BCUT2D eigenvalue weighted by molar-refractivity contribution is 5.92. The van der Waals surface area contributed by atoms with Gasteiger partial charge in [-0.15, -0.1) is 0 Å². The predicted octanol–water partition coefficient (Wildman–Crippen LogP) is 1.94. The summed E-state index contributed by atoms with van der Waals surface area (Å²) in [6, 6.07) is 11.5. The number of nitrogens with one attached hydrogen (secondary N) is 1. The van der Waals surface area contributed by atoms with Crippen molar-refractivity contribution in [3.63, 3.8) is 0 Å². The number of aromatic nitrogens is 4. The number of amides is 1. The first-order chi connectivity index (χ1) is 13.1. The normalized spacial score (nSPS) is 15.2. The summed E-state index contributed by atoms with van der Waals surface area (Å²) in [4.78, 5) is 26.5. The number of aryl methyl sites for hydroxylation is 1. The largest absolute Gasteiger partial charge is 0.361 e. The molecule has 140 valence electrons. The van der Waals surface area contributed by atoms with Gasteiger partial charge in [-0.3, -0.25) is 9.36 Å². The molecular formula is C19H21N5O3. The zero-order valence-corrected chi connectivity index (χ0v) is 15.1. The van der Waals surface area contributed by atoms with Crippen molar-refractivity contribution in [3.05, 3.63) is 69.7 Å². The number of hydrogen-bond acceptors (Lipinski definition) is 5. The van der Waals surface area contributed by atoms with Crippen LogP contribution >= 0.6 is 0 Å². The monoisotopic (exact) mass is 367 g/mol. The van der Waals surface area contributed by atoms with Gasteiger partial charge in [-0.1, -0.05) is 35.5 Å². The average Bonchev–Trinajstić information content (AvgIpc) is 3.29. The van der Waals surface area contributed by atoms with E-state index in [9.17, 15) is 9.59 Å². The molecule has 0 bridgehead atoms. The highest BCUT2D eigenvalue weighted by Gasteiger charge is 2.29. The molecule has 4 rings (SSSR count). The zero-order valence-electron chi connectivity index (χ0n) is 15.1. The molecule has 8 nitrogen and oxygen atoms in total. The van der Waals surface area contributed by atoms with Gasteiger partial charge in [0.2, 0.25) is 0 Å². The van der Waals surface area contributed by atoms with Gasteiger partial charge in [0.1, 0.15) is 11.6 Å². The summed E-state index contributed by atoms with van der Waals surface area (Å²) in [7, 11) is 0. The highest BCUT2D eigenvalue weighted by atomic mass is 16.5. The molecule has 1 N–H and O–H groups in total. The third-order valence-electron chi connectivity index (χ3n) is 4.97. The van der Waals surface area contributed by atoms with Crippen molar-refractivity contribution in [1.29, 1.82) is 0 Å². The molecule has 27 heavy (non-hydrogen) atoms. The second kappa shape index (κ2) is 7.22. The van der Waals surface area contributed by atoms with Gasteiger partial charge in [-0.2, -0.15) is 5.10 Å². The summed E-state index contributed by atoms with van der Waals surface area (Å²) in [5.74, 6) is 1.40. The predicted molar refractivity (Wildman–Crippen MR) is 97.5 cm³/mol. The van der Waals surface area contributed by atoms with E-state index in [2.05, 4.69) is 15.4 Å². The Hall–Kier alpha value is -3.16. The van der Waals surface area contributed by atoms with Crippen molar-refractivity contribution in [2.75, 3.05) is 13.1 Å². The Kier molecular flexibility index (Phi) is 4.62. The van der Waals surface area contributed by atoms with E-state index in [1.807, 2.05) is 30.3 Å². The fourth-order valence-corrected chi connectivity index (χ4v) is 3.53. The zero-order chi connectivity index (χ0) is 18.8. The quantitative estimate of drug-likeness (QED) is 0.760. The second-order valence-corrected chi connectivity index (χ2v) is 6.85. The van der Waals surface area contributed by atoms with Crippen LogP contribution in [-0.4, -0.2) is 43.8 Å². The number of aromatic amines is 1. The van der Waals surface area contributed by atoms with Crippen LogP contribution in [0.15, 0.2) is 45.7 Å². The van der Waals surface area contributed by atoms with Gasteiger partial charge in [0.15, 0.2) is 5.69 Å². The lowest BCUT2D eigenvalue weighted by Gasteiger charge is -2.31. The van der Waals surface area contributed by atoms with Crippen LogP contribution in [0.25, 0.3) is 0 Å². The molecule has 1 aromatic carbocycles. The molecule has 2 aromatic heterocycles. The number of piperidine rings is 1. The first-order valence-corrected chi connectivity index (χ1v) is 9.03. The van der Waals surface area contributed by atoms with Crippen molar-refractivity contribution in [2.45, 2.75) is 32.2 Å². The van der Waals surface area contributed by atoms with E-state index in [-0.39, 0.29) is 17.5 Å². The number of carbonyl (C=O) groups is 1. The van der Waals surface area contributed by atoms with Crippen LogP contribution in [0, 0.1) is 6.92 Å². The maximum atomic E-state index is 12.5. The van der Waals surface area contributed by atoms with Gasteiger partial charge in [-0.25, -0.2) is 9.89 Å². The van der Waals surface area contributed by atoms with E-state index in [0.29, 0.717) is 31.1 Å².